The molecule has 0 aliphatic carbocycles. The molecule has 2 aromatic heterocycles. The van der Waals surface area contributed by atoms with E-state index in [0.29, 0.717) is 40.4 Å². The number of oxazole rings is 2. The van der Waals surface area contributed by atoms with Crippen LogP contribution in [0.2, 0.25) is 0 Å². The minimum Gasteiger partial charge on any atom is -0.469 e. The molecule has 0 saturated carbocycles. The molecule has 0 saturated heterocycles. The number of nitrogens with one attached hydrogen (secondary N) is 3. The lowest BCUT2D eigenvalue weighted by atomic mass is 9.72. The van der Waals surface area contributed by atoms with E-state index in [2.05, 4.69) is 20.9 Å². The molecule has 2 aromatic carbocycles. The number of carbonyl (C=O) groups excluding carboxylic acids is 1. The highest BCUT2D eigenvalue weighted by Gasteiger charge is 2.61. The smallest absolute Gasteiger partial charge is 0.249 e. The summed E-state index contributed by atoms with van der Waals surface area (Å²) >= 11 is 0. The average molecular weight is 632 g/mol. The van der Waals surface area contributed by atoms with Gasteiger partial charge in [0.15, 0.2) is 17.7 Å². The Morgan fingerprint density at radius 3 is 2.65 bits per heavy atom. The van der Waals surface area contributed by atoms with Gasteiger partial charge in [-0.3, -0.25) is 4.79 Å². The van der Waals surface area contributed by atoms with Gasteiger partial charge in [0.2, 0.25) is 17.7 Å². The van der Waals surface area contributed by atoms with E-state index in [1.165, 1.54) is 18.4 Å². The molecular weight excluding hydrogens is 593 g/mol. The molecule has 5 atom stereocenters. The molecule has 5 N–H and O–H groups in total. The first-order valence-corrected chi connectivity index (χ1v) is 15.6. The number of hydrogen-bond donors (Lipinski definition) is 5. The lowest BCUT2D eigenvalue weighted by molar-refractivity contribution is -0.125. The first kappa shape index (κ1) is 30.4. The van der Waals surface area contributed by atoms with Crippen LogP contribution < -0.4 is 20.7 Å². The van der Waals surface area contributed by atoms with Crippen LogP contribution in [-0.4, -0.2) is 51.0 Å². The maximum absolute atomic E-state index is 15.1. The van der Waals surface area contributed by atoms with Crippen LogP contribution in [0.25, 0.3) is 11.6 Å². The van der Waals surface area contributed by atoms with Gasteiger partial charge >= 0.3 is 0 Å². The lowest BCUT2D eigenvalue weighted by Gasteiger charge is -2.32. The second kappa shape index (κ2) is 10.9. The predicted molar refractivity (Wildman–Crippen MR) is 165 cm³/mol. The number of carbonyl (C=O) groups is 1. The number of fused-ring (bicyclic) bond motifs is 4. The molecule has 0 fully saturated rings. The molecule has 7 rings (SSSR count). The fourth-order valence-corrected chi connectivity index (χ4v) is 6.61. The zero-order valence-corrected chi connectivity index (χ0v) is 26.3. The zero-order chi connectivity index (χ0) is 32.5. The summed E-state index contributed by atoms with van der Waals surface area (Å²) in [5.41, 5.74) is 1.55. The third kappa shape index (κ3) is 4.78. The number of ether oxygens (including phenoxy) is 1. The predicted octanol–water partition coefficient (Wildman–Crippen LogP) is 4.17. The van der Waals surface area contributed by atoms with Gasteiger partial charge in [0, 0.05) is 23.4 Å². The van der Waals surface area contributed by atoms with Crippen molar-refractivity contribution < 1.29 is 33.0 Å². The summed E-state index contributed by atoms with van der Waals surface area (Å²) in [5.74, 6) is 0.475. The molecule has 4 aromatic rings. The van der Waals surface area contributed by atoms with Crippen molar-refractivity contribution in [3.05, 3.63) is 82.5 Å². The van der Waals surface area contributed by atoms with E-state index in [9.17, 15) is 15.0 Å². The summed E-state index contributed by atoms with van der Waals surface area (Å²) in [6, 6.07) is 8.82. The molecule has 3 aliphatic heterocycles. The second-order valence-corrected chi connectivity index (χ2v) is 13.8. The molecule has 11 nitrogen and oxygen atoms in total. The van der Waals surface area contributed by atoms with Crippen molar-refractivity contribution in [3.8, 4) is 17.3 Å². The minimum atomic E-state index is -1.22. The molecule has 1 spiro atoms. The Balaban J connectivity index is 1.50. The van der Waals surface area contributed by atoms with Crippen LogP contribution in [0.5, 0.6) is 5.75 Å². The van der Waals surface area contributed by atoms with Gasteiger partial charge in [0.25, 0.3) is 0 Å². The molecule has 242 valence electrons. The van der Waals surface area contributed by atoms with Crippen LogP contribution in [0.4, 0.5) is 10.1 Å². The Morgan fingerprint density at radius 2 is 1.93 bits per heavy atom. The third-order valence-corrected chi connectivity index (χ3v) is 9.22. The highest BCUT2D eigenvalue weighted by Crippen LogP contribution is 2.59. The third-order valence-electron chi connectivity index (χ3n) is 9.22. The van der Waals surface area contributed by atoms with Gasteiger partial charge in [-0.1, -0.05) is 46.8 Å². The number of benzene rings is 2. The van der Waals surface area contributed by atoms with Gasteiger partial charge in [0.05, 0.1) is 18.8 Å². The minimum absolute atomic E-state index is 0.000818. The molecule has 46 heavy (non-hydrogen) atoms. The molecule has 1 amide bonds. The number of amides is 1. The quantitative estimate of drug-likeness (QED) is 0.209. The summed E-state index contributed by atoms with van der Waals surface area (Å²) in [5, 5.41) is 30.2. The van der Waals surface area contributed by atoms with Crippen molar-refractivity contribution in [2.45, 2.75) is 77.5 Å². The first-order chi connectivity index (χ1) is 21.9. The van der Waals surface area contributed by atoms with Gasteiger partial charge in [-0.2, -0.15) is 0 Å². The zero-order valence-electron chi connectivity index (χ0n) is 26.3. The molecule has 0 radical (unpaired) electrons. The van der Waals surface area contributed by atoms with Crippen molar-refractivity contribution in [2.75, 3.05) is 11.9 Å². The van der Waals surface area contributed by atoms with Crippen LogP contribution >= 0.6 is 0 Å². The summed E-state index contributed by atoms with van der Waals surface area (Å²) in [6.07, 6.45) is 0.271. The molecule has 4 bridgehead atoms. The normalized spacial score (nSPS) is 23.9. The second-order valence-electron chi connectivity index (χ2n) is 13.8. The van der Waals surface area contributed by atoms with E-state index in [4.69, 9.17) is 18.6 Å². The highest BCUT2D eigenvalue weighted by atomic mass is 19.1. The Bertz CT molecular complexity index is 1810. The number of aliphatic hydroxyl groups excluding tert-OH is 2. The van der Waals surface area contributed by atoms with E-state index in [-0.39, 0.29) is 42.5 Å². The summed E-state index contributed by atoms with van der Waals surface area (Å²) in [4.78, 5) is 23.4. The van der Waals surface area contributed by atoms with E-state index < -0.39 is 41.1 Å². The molecular formula is C34H38FN5O6. The monoisotopic (exact) mass is 631 g/mol. The molecule has 12 heteroatoms. The van der Waals surface area contributed by atoms with Crippen molar-refractivity contribution in [3.63, 3.8) is 0 Å². The Morgan fingerprint density at radius 1 is 1.13 bits per heavy atom. The number of rotatable bonds is 6. The standard InChI is InChI=1S/C34H38FN5O6/c1-16(2)24(42)13-36-23-11-17-6-9-25-21(10-17)34(20-12-18(35)7-8-22(20)38-32(34)45-25)28-26(30-37-19(14-41)15-44-30)39-31(46-28)27(33(3,4)5)40-29(23)43/h6-10,12,15-16,23-24,27,32,36,38,41-42H,11,13-14H2,1-5H3,(H,40,43). The first-order valence-electron chi connectivity index (χ1n) is 15.6. The Labute approximate surface area is 265 Å². The van der Waals surface area contributed by atoms with Gasteiger partial charge in [0.1, 0.15) is 35.0 Å². The number of anilines is 1. The van der Waals surface area contributed by atoms with Crippen molar-refractivity contribution in [1.82, 2.24) is 20.6 Å². The van der Waals surface area contributed by atoms with E-state index in [1.807, 2.05) is 52.8 Å². The van der Waals surface area contributed by atoms with Crippen molar-refractivity contribution in [1.29, 1.82) is 0 Å². The van der Waals surface area contributed by atoms with E-state index in [0.717, 1.165) is 5.56 Å². The summed E-state index contributed by atoms with van der Waals surface area (Å²) in [6.45, 7) is 9.62. The number of halogens is 1. The van der Waals surface area contributed by atoms with Gasteiger partial charge in [-0.15, -0.1) is 0 Å². The largest absolute Gasteiger partial charge is 0.469 e. The number of nitrogens with zero attached hydrogens (tertiary/aromatic N) is 2. The molecule has 5 heterocycles. The summed E-state index contributed by atoms with van der Waals surface area (Å²) in [7, 11) is 0. The SMILES string of the molecule is CC(C)C(O)CNC1Cc2ccc3c(c2)C2(c4cc(F)ccc4NC2O3)c2oc(nc2-c2nc(CO)co2)C(C(C)(C)C)NC1=O. The van der Waals surface area contributed by atoms with E-state index >= 15 is 4.39 Å². The number of hydrogen-bond acceptors (Lipinski definition) is 10. The Hall–Kier alpha value is -4.26. The van der Waals surface area contributed by atoms with Crippen LogP contribution in [0.15, 0.2) is 51.5 Å². The van der Waals surface area contributed by atoms with Crippen LogP contribution in [0.3, 0.4) is 0 Å². The van der Waals surface area contributed by atoms with Gasteiger partial charge in [-0.25, -0.2) is 14.4 Å². The van der Waals surface area contributed by atoms with Gasteiger partial charge in [-0.05, 0) is 47.6 Å². The molecule has 5 unspecified atom stereocenters. The number of aliphatic hydroxyl groups is 2. The van der Waals surface area contributed by atoms with Crippen molar-refractivity contribution in [2.24, 2.45) is 11.3 Å². The van der Waals surface area contributed by atoms with E-state index in [1.54, 1.807) is 6.07 Å². The highest BCUT2D eigenvalue weighted by molar-refractivity contribution is 5.83. The fourth-order valence-electron chi connectivity index (χ4n) is 6.61. The maximum atomic E-state index is 15.1. The van der Waals surface area contributed by atoms with Crippen LogP contribution in [0, 0.1) is 17.2 Å². The number of aromatic nitrogens is 2. The summed E-state index contributed by atoms with van der Waals surface area (Å²) < 4.78 is 34.2. The molecule has 3 aliphatic rings. The Kier molecular flexibility index (Phi) is 7.22. The van der Waals surface area contributed by atoms with Crippen LogP contribution in [-0.2, 0) is 23.2 Å². The topological polar surface area (TPSA) is 155 Å². The van der Waals surface area contributed by atoms with Gasteiger partial charge < -0.3 is 39.7 Å². The fraction of sp³-hybridized carbons (Fsp3) is 0.441. The maximum Gasteiger partial charge on any atom is 0.249 e. The lowest BCUT2D eigenvalue weighted by Crippen LogP contribution is -2.51. The van der Waals surface area contributed by atoms with Crippen molar-refractivity contribution >= 4 is 11.6 Å². The van der Waals surface area contributed by atoms with Crippen LogP contribution in [0.1, 0.15) is 74.7 Å². The average Bonchev–Trinajstić information content (AvgIpc) is 3.77.